The largest absolute Gasteiger partial charge is 0.324 e. The van der Waals surface area contributed by atoms with Gasteiger partial charge in [0, 0.05) is 24.3 Å². The van der Waals surface area contributed by atoms with Gasteiger partial charge in [-0.3, -0.25) is 4.79 Å². The summed E-state index contributed by atoms with van der Waals surface area (Å²) in [4.78, 5) is 13.9. The van der Waals surface area contributed by atoms with Gasteiger partial charge in [0.2, 0.25) is 5.91 Å². The highest BCUT2D eigenvalue weighted by atomic mass is 16.2. The first-order chi connectivity index (χ1) is 8.08. The molecule has 0 bridgehead atoms. The number of carbonyl (C=O) groups is 1. The third kappa shape index (κ3) is 2.65. The fraction of sp³-hybridized carbons (Fsp3) is 0.462. The maximum atomic E-state index is 11.8. The lowest BCUT2D eigenvalue weighted by Gasteiger charge is -2.14. The predicted octanol–water partition coefficient (Wildman–Crippen LogP) is 1.14. The number of aryl methyl sites for hydroxylation is 1. The Morgan fingerprint density at radius 1 is 1.41 bits per heavy atom. The van der Waals surface area contributed by atoms with Crippen LogP contribution in [0.15, 0.2) is 18.2 Å². The molecule has 4 heteroatoms. The zero-order valence-corrected chi connectivity index (χ0v) is 10.6. The Morgan fingerprint density at radius 2 is 2.18 bits per heavy atom. The number of hydrogen-bond acceptors (Lipinski definition) is 3. The molecule has 2 N–H and O–H groups in total. The molecule has 17 heavy (non-hydrogen) atoms. The smallest absolute Gasteiger partial charge is 0.246 e. The van der Waals surface area contributed by atoms with Crippen LogP contribution in [-0.4, -0.2) is 38.0 Å². The fourth-order valence-corrected chi connectivity index (χ4v) is 2.02. The Morgan fingerprint density at radius 3 is 2.88 bits per heavy atom. The molecule has 1 unspecified atom stereocenters. The van der Waals surface area contributed by atoms with Crippen LogP contribution in [0, 0.1) is 6.92 Å². The minimum atomic E-state index is -0.204. The van der Waals surface area contributed by atoms with Crippen LogP contribution in [0.1, 0.15) is 17.2 Å². The molecule has 0 saturated heterocycles. The summed E-state index contributed by atoms with van der Waals surface area (Å²) in [5, 5.41) is 6.19. The maximum Gasteiger partial charge on any atom is 0.246 e. The fourth-order valence-electron chi connectivity index (χ4n) is 2.02. The summed E-state index contributed by atoms with van der Waals surface area (Å²) in [6.45, 7) is 3.77. The quantitative estimate of drug-likeness (QED) is 0.819. The first-order valence-electron chi connectivity index (χ1n) is 5.87. The Labute approximate surface area is 102 Å². The van der Waals surface area contributed by atoms with Crippen LogP contribution in [0.5, 0.6) is 0 Å². The average Bonchev–Trinajstić information content (AvgIpc) is 2.55. The van der Waals surface area contributed by atoms with Gasteiger partial charge in [-0.2, -0.15) is 0 Å². The second kappa shape index (κ2) is 4.85. The Bertz CT molecular complexity index is 429. The molecular weight excluding hydrogens is 214 g/mol. The van der Waals surface area contributed by atoms with Crippen molar-refractivity contribution in [2.75, 3.05) is 32.5 Å². The zero-order chi connectivity index (χ0) is 12.4. The van der Waals surface area contributed by atoms with Crippen molar-refractivity contribution in [1.29, 1.82) is 0 Å². The summed E-state index contributed by atoms with van der Waals surface area (Å²) in [6.07, 6.45) is 0. The van der Waals surface area contributed by atoms with Crippen LogP contribution in [-0.2, 0) is 4.79 Å². The number of hydrogen-bond donors (Lipinski definition) is 2. The molecule has 1 amide bonds. The molecule has 1 aromatic carbocycles. The number of nitrogens with one attached hydrogen (secondary N) is 2. The highest BCUT2D eigenvalue weighted by molar-refractivity contribution is 6.02. The van der Waals surface area contributed by atoms with Gasteiger partial charge in [0.05, 0.1) is 0 Å². The molecule has 0 saturated carbocycles. The van der Waals surface area contributed by atoms with Gasteiger partial charge in [0.15, 0.2) is 0 Å². The van der Waals surface area contributed by atoms with Crippen LogP contribution >= 0.6 is 0 Å². The number of fused-ring (bicyclic) bond motifs is 1. The third-order valence-electron chi connectivity index (χ3n) is 2.95. The molecule has 1 aromatic rings. The van der Waals surface area contributed by atoms with Crippen molar-refractivity contribution in [3.05, 3.63) is 29.3 Å². The van der Waals surface area contributed by atoms with E-state index < -0.39 is 0 Å². The Balaban J connectivity index is 2.08. The van der Waals surface area contributed by atoms with Crippen molar-refractivity contribution in [2.45, 2.75) is 13.0 Å². The van der Waals surface area contributed by atoms with E-state index in [1.54, 1.807) is 0 Å². The third-order valence-corrected chi connectivity index (χ3v) is 2.95. The van der Waals surface area contributed by atoms with Gasteiger partial charge in [-0.05, 0) is 27.1 Å². The molecule has 1 aliphatic rings. The van der Waals surface area contributed by atoms with E-state index in [1.807, 2.05) is 33.2 Å². The number of benzene rings is 1. The van der Waals surface area contributed by atoms with Gasteiger partial charge in [-0.15, -0.1) is 0 Å². The van der Waals surface area contributed by atoms with Crippen molar-refractivity contribution in [3.8, 4) is 0 Å². The molecule has 4 nitrogen and oxygen atoms in total. The second-order valence-electron chi connectivity index (χ2n) is 4.77. The molecule has 0 fully saturated rings. The molecule has 0 aromatic heterocycles. The first kappa shape index (κ1) is 12.1. The standard InChI is InChI=1S/C13H19N3O/c1-9-4-5-11-10(8-9)12(13(17)15-11)14-6-7-16(2)3/h4-5,8,12,14H,6-7H2,1-3H3,(H,15,17). The van der Waals surface area contributed by atoms with Gasteiger partial charge in [-0.1, -0.05) is 17.7 Å². The molecule has 1 heterocycles. The normalized spacial score (nSPS) is 18.4. The van der Waals surface area contributed by atoms with E-state index in [0.29, 0.717) is 0 Å². The van der Waals surface area contributed by atoms with E-state index in [9.17, 15) is 4.79 Å². The van der Waals surface area contributed by atoms with Crippen LogP contribution in [0.25, 0.3) is 0 Å². The van der Waals surface area contributed by atoms with Crippen LogP contribution in [0.4, 0.5) is 5.69 Å². The molecule has 1 atom stereocenters. The van der Waals surface area contributed by atoms with Gasteiger partial charge >= 0.3 is 0 Å². The summed E-state index contributed by atoms with van der Waals surface area (Å²) in [7, 11) is 4.04. The van der Waals surface area contributed by atoms with Crippen molar-refractivity contribution in [3.63, 3.8) is 0 Å². The molecule has 2 rings (SSSR count). The molecule has 0 radical (unpaired) electrons. The predicted molar refractivity (Wildman–Crippen MR) is 69.1 cm³/mol. The number of anilines is 1. The number of likely N-dealkylation sites (N-methyl/N-ethyl adjacent to an activating group) is 1. The Kier molecular flexibility index (Phi) is 3.45. The van der Waals surface area contributed by atoms with Crippen LogP contribution in [0.2, 0.25) is 0 Å². The summed E-state index contributed by atoms with van der Waals surface area (Å²) in [5.41, 5.74) is 3.18. The Hall–Kier alpha value is -1.39. The van der Waals surface area contributed by atoms with Crippen LogP contribution < -0.4 is 10.6 Å². The average molecular weight is 233 g/mol. The van der Waals surface area contributed by atoms with E-state index in [1.165, 1.54) is 5.56 Å². The molecule has 92 valence electrons. The summed E-state index contributed by atoms with van der Waals surface area (Å²) in [5.74, 6) is 0.0457. The summed E-state index contributed by atoms with van der Waals surface area (Å²) < 4.78 is 0. The molecule has 1 aliphatic heterocycles. The number of amides is 1. The molecule has 0 aliphatic carbocycles. The monoisotopic (exact) mass is 233 g/mol. The van der Waals surface area contributed by atoms with E-state index in [2.05, 4.69) is 21.6 Å². The highest BCUT2D eigenvalue weighted by Gasteiger charge is 2.29. The molecular formula is C13H19N3O. The van der Waals surface area contributed by atoms with Crippen molar-refractivity contribution >= 4 is 11.6 Å². The van der Waals surface area contributed by atoms with E-state index in [-0.39, 0.29) is 11.9 Å². The lowest BCUT2D eigenvalue weighted by molar-refractivity contribution is -0.117. The maximum absolute atomic E-state index is 11.8. The van der Waals surface area contributed by atoms with Gasteiger partial charge in [0.1, 0.15) is 6.04 Å². The van der Waals surface area contributed by atoms with Crippen molar-refractivity contribution in [2.24, 2.45) is 0 Å². The minimum Gasteiger partial charge on any atom is -0.324 e. The minimum absolute atomic E-state index is 0.0457. The number of nitrogens with zero attached hydrogens (tertiary/aromatic N) is 1. The van der Waals surface area contributed by atoms with Gasteiger partial charge in [0.25, 0.3) is 0 Å². The summed E-state index contributed by atoms with van der Waals surface area (Å²) in [6, 6.07) is 5.85. The van der Waals surface area contributed by atoms with Crippen molar-refractivity contribution < 1.29 is 4.79 Å². The number of carbonyl (C=O) groups excluding carboxylic acids is 1. The first-order valence-corrected chi connectivity index (χ1v) is 5.87. The van der Waals surface area contributed by atoms with E-state index in [4.69, 9.17) is 0 Å². The van der Waals surface area contributed by atoms with Crippen LogP contribution in [0.3, 0.4) is 0 Å². The van der Waals surface area contributed by atoms with E-state index >= 15 is 0 Å². The molecule has 0 spiro atoms. The van der Waals surface area contributed by atoms with Gasteiger partial charge < -0.3 is 15.5 Å². The second-order valence-corrected chi connectivity index (χ2v) is 4.77. The van der Waals surface area contributed by atoms with E-state index in [0.717, 1.165) is 24.3 Å². The topological polar surface area (TPSA) is 44.4 Å². The number of rotatable bonds is 4. The zero-order valence-electron chi connectivity index (χ0n) is 10.6. The van der Waals surface area contributed by atoms with Crippen molar-refractivity contribution in [1.82, 2.24) is 10.2 Å². The van der Waals surface area contributed by atoms with Gasteiger partial charge in [-0.25, -0.2) is 0 Å². The lowest BCUT2D eigenvalue weighted by atomic mass is 10.1. The highest BCUT2D eigenvalue weighted by Crippen LogP contribution is 2.31. The lowest BCUT2D eigenvalue weighted by Crippen LogP contribution is -2.33. The summed E-state index contributed by atoms with van der Waals surface area (Å²) >= 11 is 0. The SMILES string of the molecule is Cc1ccc2c(c1)C(NCCN(C)C)C(=O)N2.